The van der Waals surface area contributed by atoms with E-state index in [1.165, 1.54) is 0 Å². The molecule has 0 saturated carbocycles. The second kappa shape index (κ2) is 6.18. The van der Waals surface area contributed by atoms with Gasteiger partial charge in [-0.1, -0.05) is 32.0 Å². The van der Waals surface area contributed by atoms with Gasteiger partial charge in [-0.05, 0) is 24.1 Å². The van der Waals surface area contributed by atoms with Gasteiger partial charge in [-0.3, -0.25) is 0 Å². The Morgan fingerprint density at radius 2 is 1.95 bits per heavy atom. The zero-order valence-corrected chi connectivity index (χ0v) is 13.3. The molecular formula is C18H21N3O. The van der Waals surface area contributed by atoms with Crippen LogP contribution in [0.1, 0.15) is 25.2 Å². The fourth-order valence-electron chi connectivity index (χ4n) is 2.70. The highest BCUT2D eigenvalue weighted by molar-refractivity contribution is 5.71. The van der Waals surface area contributed by atoms with Gasteiger partial charge in [0, 0.05) is 18.2 Å². The molecule has 0 aliphatic carbocycles. The Morgan fingerprint density at radius 3 is 2.73 bits per heavy atom. The Balaban J connectivity index is 2.08. The molecule has 4 heteroatoms. The second-order valence-electron chi connectivity index (χ2n) is 5.87. The molecule has 1 aromatic carbocycles. The van der Waals surface area contributed by atoms with E-state index in [4.69, 9.17) is 9.72 Å². The largest absolute Gasteiger partial charge is 0.496 e. The van der Waals surface area contributed by atoms with Crippen LogP contribution in [0.5, 0.6) is 5.75 Å². The molecule has 3 rings (SSSR count). The van der Waals surface area contributed by atoms with Crippen molar-refractivity contribution in [2.45, 2.75) is 26.8 Å². The number of benzene rings is 1. The summed E-state index contributed by atoms with van der Waals surface area (Å²) in [5.74, 6) is 2.53. The van der Waals surface area contributed by atoms with Crippen molar-refractivity contribution in [1.29, 1.82) is 0 Å². The fourth-order valence-corrected chi connectivity index (χ4v) is 2.70. The third-order valence-electron chi connectivity index (χ3n) is 3.69. The molecule has 0 spiro atoms. The van der Waals surface area contributed by atoms with Crippen LogP contribution in [0, 0.1) is 5.92 Å². The minimum atomic E-state index is 0.549. The van der Waals surface area contributed by atoms with Gasteiger partial charge in [0.25, 0.3) is 0 Å². The Hall–Kier alpha value is -2.36. The van der Waals surface area contributed by atoms with E-state index < -0.39 is 0 Å². The maximum absolute atomic E-state index is 5.47. The molecule has 0 amide bonds. The monoisotopic (exact) mass is 295 g/mol. The molecule has 2 aromatic heterocycles. The number of fused-ring (bicyclic) bond motifs is 1. The van der Waals surface area contributed by atoms with Crippen molar-refractivity contribution >= 4 is 11.2 Å². The Morgan fingerprint density at radius 1 is 1.14 bits per heavy atom. The van der Waals surface area contributed by atoms with Crippen LogP contribution in [0.2, 0.25) is 0 Å². The van der Waals surface area contributed by atoms with Crippen LogP contribution < -0.4 is 4.74 Å². The third-order valence-corrected chi connectivity index (χ3v) is 3.69. The average Bonchev–Trinajstić information content (AvgIpc) is 2.85. The van der Waals surface area contributed by atoms with Gasteiger partial charge in [-0.15, -0.1) is 0 Å². The molecule has 0 saturated heterocycles. The number of hydrogen-bond acceptors (Lipinski definition) is 3. The molecule has 114 valence electrons. The van der Waals surface area contributed by atoms with Gasteiger partial charge in [0.15, 0.2) is 5.65 Å². The predicted octanol–water partition coefficient (Wildman–Crippen LogP) is 3.69. The summed E-state index contributed by atoms with van der Waals surface area (Å²) in [7, 11) is 1.71. The van der Waals surface area contributed by atoms with Crippen LogP contribution in [0.4, 0.5) is 0 Å². The number of ether oxygens (including phenoxy) is 1. The van der Waals surface area contributed by atoms with Gasteiger partial charge < -0.3 is 9.30 Å². The molecule has 0 fully saturated rings. The number of rotatable bonds is 5. The molecule has 4 nitrogen and oxygen atoms in total. The van der Waals surface area contributed by atoms with E-state index in [9.17, 15) is 0 Å². The maximum atomic E-state index is 5.47. The van der Waals surface area contributed by atoms with Gasteiger partial charge >= 0.3 is 0 Å². The lowest BCUT2D eigenvalue weighted by Crippen LogP contribution is -2.09. The molecule has 22 heavy (non-hydrogen) atoms. The van der Waals surface area contributed by atoms with Crippen LogP contribution >= 0.6 is 0 Å². The summed E-state index contributed by atoms with van der Waals surface area (Å²) >= 11 is 0. The van der Waals surface area contributed by atoms with Crippen molar-refractivity contribution in [1.82, 2.24) is 14.5 Å². The lowest BCUT2D eigenvalue weighted by molar-refractivity contribution is 0.408. The summed E-state index contributed by atoms with van der Waals surface area (Å²) in [5, 5.41) is 0. The van der Waals surface area contributed by atoms with Crippen molar-refractivity contribution in [3.8, 4) is 5.75 Å². The topological polar surface area (TPSA) is 39.9 Å². The molecule has 2 heterocycles. The molecule has 0 unspecified atom stereocenters. The van der Waals surface area contributed by atoms with Crippen molar-refractivity contribution < 1.29 is 4.74 Å². The first kappa shape index (κ1) is 14.6. The van der Waals surface area contributed by atoms with Crippen molar-refractivity contribution in [2.24, 2.45) is 5.92 Å². The lowest BCUT2D eigenvalue weighted by atomic mass is 10.1. The SMILES string of the molecule is COc1ccccc1Cn1c(CC(C)C)nc2cccnc21. The van der Waals surface area contributed by atoms with E-state index in [1.54, 1.807) is 7.11 Å². The van der Waals surface area contributed by atoms with Crippen molar-refractivity contribution in [2.75, 3.05) is 7.11 Å². The molecule has 0 aliphatic heterocycles. The van der Waals surface area contributed by atoms with E-state index in [2.05, 4.69) is 29.5 Å². The smallest absolute Gasteiger partial charge is 0.160 e. The molecule has 0 radical (unpaired) electrons. The zero-order valence-electron chi connectivity index (χ0n) is 13.3. The third kappa shape index (κ3) is 2.82. The molecular weight excluding hydrogens is 274 g/mol. The predicted molar refractivity (Wildman–Crippen MR) is 88.2 cm³/mol. The maximum Gasteiger partial charge on any atom is 0.160 e. The number of imidazole rings is 1. The lowest BCUT2D eigenvalue weighted by Gasteiger charge is -2.13. The van der Waals surface area contributed by atoms with E-state index in [0.717, 1.165) is 41.3 Å². The Bertz CT molecular complexity index is 777. The van der Waals surface area contributed by atoms with Gasteiger partial charge in [-0.25, -0.2) is 9.97 Å². The van der Waals surface area contributed by atoms with Crippen LogP contribution in [0.3, 0.4) is 0 Å². The molecule has 0 aliphatic rings. The number of nitrogens with zero attached hydrogens (tertiary/aromatic N) is 3. The van der Waals surface area contributed by atoms with Crippen molar-refractivity contribution in [3.05, 3.63) is 54.0 Å². The van der Waals surface area contributed by atoms with Crippen LogP contribution in [0.25, 0.3) is 11.2 Å². The highest BCUT2D eigenvalue weighted by Crippen LogP contribution is 2.23. The quantitative estimate of drug-likeness (QED) is 0.720. The summed E-state index contributed by atoms with van der Waals surface area (Å²) in [6, 6.07) is 12.1. The Labute approximate surface area is 130 Å². The number of pyridine rings is 1. The first-order chi connectivity index (χ1) is 10.7. The molecule has 0 atom stereocenters. The number of aromatic nitrogens is 3. The van der Waals surface area contributed by atoms with Gasteiger partial charge in [0.1, 0.15) is 17.1 Å². The van der Waals surface area contributed by atoms with Crippen LogP contribution in [0.15, 0.2) is 42.6 Å². The number of hydrogen-bond donors (Lipinski definition) is 0. The fraction of sp³-hybridized carbons (Fsp3) is 0.333. The van der Waals surface area contributed by atoms with E-state index in [1.807, 2.05) is 36.5 Å². The summed E-state index contributed by atoms with van der Waals surface area (Å²) in [6.45, 7) is 5.14. The highest BCUT2D eigenvalue weighted by atomic mass is 16.5. The molecule has 3 aromatic rings. The minimum Gasteiger partial charge on any atom is -0.496 e. The van der Waals surface area contributed by atoms with Crippen molar-refractivity contribution in [3.63, 3.8) is 0 Å². The van der Waals surface area contributed by atoms with Gasteiger partial charge in [-0.2, -0.15) is 0 Å². The number of methoxy groups -OCH3 is 1. The minimum absolute atomic E-state index is 0.549. The number of para-hydroxylation sites is 1. The Kier molecular flexibility index (Phi) is 4.09. The summed E-state index contributed by atoms with van der Waals surface area (Å²) in [4.78, 5) is 9.28. The van der Waals surface area contributed by atoms with E-state index >= 15 is 0 Å². The molecule has 0 N–H and O–H groups in total. The first-order valence-corrected chi connectivity index (χ1v) is 7.61. The zero-order chi connectivity index (χ0) is 15.5. The molecule has 0 bridgehead atoms. The summed E-state index contributed by atoms with van der Waals surface area (Å²) in [5.41, 5.74) is 3.03. The summed E-state index contributed by atoms with van der Waals surface area (Å²) < 4.78 is 7.67. The van der Waals surface area contributed by atoms with Gasteiger partial charge in [0.05, 0.1) is 13.7 Å². The second-order valence-corrected chi connectivity index (χ2v) is 5.87. The normalized spacial score (nSPS) is 11.3. The van der Waals surface area contributed by atoms with E-state index in [0.29, 0.717) is 5.92 Å². The highest BCUT2D eigenvalue weighted by Gasteiger charge is 2.14. The summed E-state index contributed by atoms with van der Waals surface area (Å²) in [6.07, 6.45) is 2.76. The average molecular weight is 295 g/mol. The van der Waals surface area contributed by atoms with Gasteiger partial charge in [0.2, 0.25) is 0 Å². The van der Waals surface area contributed by atoms with E-state index in [-0.39, 0.29) is 0 Å². The van der Waals surface area contributed by atoms with Crippen LogP contribution in [-0.4, -0.2) is 21.6 Å². The first-order valence-electron chi connectivity index (χ1n) is 7.61. The standard InChI is InChI=1S/C18H21N3O/c1-13(2)11-17-20-15-8-6-10-19-18(15)21(17)12-14-7-4-5-9-16(14)22-3/h4-10,13H,11-12H2,1-3H3. The van der Waals surface area contributed by atoms with Crippen LogP contribution in [-0.2, 0) is 13.0 Å².